The van der Waals surface area contributed by atoms with Crippen LogP contribution in [-0.4, -0.2) is 5.60 Å². The molecule has 0 saturated carbocycles. The van der Waals surface area contributed by atoms with Gasteiger partial charge in [-0.25, -0.2) is 0 Å². The molecule has 0 radical (unpaired) electrons. The molecule has 0 aliphatic carbocycles. The smallest absolute Gasteiger partial charge is 0.0998 e. The first-order valence-corrected chi connectivity index (χ1v) is 3.01. The molecule has 52 valence electrons. The van der Waals surface area contributed by atoms with Crippen LogP contribution in [-0.2, 0) is 4.74 Å². The van der Waals surface area contributed by atoms with Crippen molar-refractivity contribution in [3.05, 3.63) is 25.0 Å². The predicted octanol–water partition coefficient (Wildman–Crippen LogP) is 2.50. The molecule has 0 aromatic carbocycles. The predicted molar refractivity (Wildman–Crippen MR) is 40.2 cm³/mol. The minimum Gasteiger partial charge on any atom is -0.496 e. The van der Waals surface area contributed by atoms with Gasteiger partial charge in [0, 0.05) is 0 Å². The second-order valence-corrected chi connectivity index (χ2v) is 2.79. The molecule has 0 heterocycles. The number of hydrogen-bond acceptors (Lipinski definition) is 1. The third-order valence-corrected chi connectivity index (χ3v) is 0.636. The SMILES string of the molecule is C=CC=COC(C)(C)C. The Balaban J connectivity index is 3.50. The molecule has 0 aliphatic rings. The topological polar surface area (TPSA) is 9.23 Å². The van der Waals surface area contributed by atoms with E-state index >= 15 is 0 Å². The fourth-order valence-corrected chi connectivity index (χ4v) is 0.299. The van der Waals surface area contributed by atoms with Crippen LogP contribution in [0.2, 0.25) is 0 Å². The molecule has 0 aliphatic heterocycles. The summed E-state index contributed by atoms with van der Waals surface area (Å²) < 4.78 is 5.22. The van der Waals surface area contributed by atoms with Crippen molar-refractivity contribution in [2.24, 2.45) is 0 Å². The lowest BCUT2D eigenvalue weighted by atomic mass is 10.2. The Labute approximate surface area is 57.0 Å². The standard InChI is InChI=1S/C8H14O/c1-5-6-7-9-8(2,3)4/h5-7H,1H2,2-4H3. The molecule has 0 aromatic rings. The van der Waals surface area contributed by atoms with Crippen LogP contribution in [0.1, 0.15) is 20.8 Å². The molecule has 0 unspecified atom stereocenters. The summed E-state index contributed by atoms with van der Waals surface area (Å²) in [5.41, 5.74) is -0.0838. The third-order valence-electron chi connectivity index (χ3n) is 0.636. The highest BCUT2D eigenvalue weighted by Gasteiger charge is 2.06. The summed E-state index contributed by atoms with van der Waals surface area (Å²) in [6.07, 6.45) is 5.10. The van der Waals surface area contributed by atoms with Gasteiger partial charge in [0.25, 0.3) is 0 Å². The quantitative estimate of drug-likeness (QED) is 0.408. The lowest BCUT2D eigenvalue weighted by molar-refractivity contribution is 0.0768. The first-order chi connectivity index (χ1) is 4.06. The van der Waals surface area contributed by atoms with Crippen molar-refractivity contribution in [1.82, 2.24) is 0 Å². The largest absolute Gasteiger partial charge is 0.496 e. The van der Waals surface area contributed by atoms with Gasteiger partial charge >= 0.3 is 0 Å². The first-order valence-electron chi connectivity index (χ1n) is 3.01. The zero-order valence-corrected chi connectivity index (χ0v) is 6.35. The van der Waals surface area contributed by atoms with Gasteiger partial charge in [-0.05, 0) is 26.8 Å². The van der Waals surface area contributed by atoms with Gasteiger partial charge in [0.15, 0.2) is 0 Å². The molecular formula is C8H14O. The minimum absolute atomic E-state index is 0.0838. The van der Waals surface area contributed by atoms with Crippen molar-refractivity contribution in [2.75, 3.05) is 0 Å². The third kappa shape index (κ3) is 7.28. The average molecular weight is 126 g/mol. The normalized spacial score (nSPS) is 11.9. The highest BCUT2D eigenvalue weighted by molar-refractivity contribution is 4.93. The second-order valence-electron chi connectivity index (χ2n) is 2.79. The highest BCUT2D eigenvalue weighted by atomic mass is 16.5. The number of ether oxygens (including phenoxy) is 1. The fourth-order valence-electron chi connectivity index (χ4n) is 0.299. The average Bonchev–Trinajstić information content (AvgIpc) is 1.63. The molecule has 0 fully saturated rings. The minimum atomic E-state index is -0.0838. The summed E-state index contributed by atoms with van der Waals surface area (Å²) in [6.45, 7) is 9.51. The van der Waals surface area contributed by atoms with Gasteiger partial charge in [-0.3, -0.25) is 0 Å². The monoisotopic (exact) mass is 126 g/mol. The first kappa shape index (κ1) is 8.28. The van der Waals surface area contributed by atoms with Crippen molar-refractivity contribution in [3.63, 3.8) is 0 Å². The number of allylic oxidation sites excluding steroid dienone is 2. The van der Waals surface area contributed by atoms with E-state index in [1.807, 2.05) is 20.8 Å². The second kappa shape index (κ2) is 3.33. The van der Waals surface area contributed by atoms with E-state index in [1.165, 1.54) is 0 Å². The summed E-state index contributed by atoms with van der Waals surface area (Å²) in [6, 6.07) is 0. The van der Waals surface area contributed by atoms with E-state index in [2.05, 4.69) is 6.58 Å². The zero-order valence-electron chi connectivity index (χ0n) is 6.35. The molecule has 0 atom stereocenters. The van der Waals surface area contributed by atoms with E-state index in [-0.39, 0.29) is 5.60 Å². The van der Waals surface area contributed by atoms with Crippen molar-refractivity contribution in [2.45, 2.75) is 26.4 Å². The molecule has 9 heavy (non-hydrogen) atoms. The fraction of sp³-hybridized carbons (Fsp3) is 0.500. The van der Waals surface area contributed by atoms with Crippen molar-refractivity contribution >= 4 is 0 Å². The maximum absolute atomic E-state index is 5.22. The van der Waals surface area contributed by atoms with Crippen LogP contribution in [0.15, 0.2) is 25.0 Å². The van der Waals surface area contributed by atoms with E-state index in [9.17, 15) is 0 Å². The van der Waals surface area contributed by atoms with Crippen LogP contribution in [0, 0.1) is 0 Å². The van der Waals surface area contributed by atoms with Gasteiger partial charge in [0.05, 0.1) is 11.9 Å². The molecule has 0 aromatic heterocycles. The Kier molecular flexibility index (Phi) is 3.07. The summed E-state index contributed by atoms with van der Waals surface area (Å²) in [7, 11) is 0. The maximum atomic E-state index is 5.22. The Hall–Kier alpha value is -0.720. The van der Waals surface area contributed by atoms with E-state index < -0.39 is 0 Å². The van der Waals surface area contributed by atoms with Crippen LogP contribution >= 0.6 is 0 Å². The summed E-state index contributed by atoms with van der Waals surface area (Å²) in [4.78, 5) is 0. The molecule has 0 N–H and O–H groups in total. The molecular weight excluding hydrogens is 112 g/mol. The van der Waals surface area contributed by atoms with Gasteiger partial charge in [-0.15, -0.1) is 0 Å². The maximum Gasteiger partial charge on any atom is 0.0998 e. The van der Waals surface area contributed by atoms with Gasteiger partial charge in [-0.1, -0.05) is 12.7 Å². The number of rotatable bonds is 2. The van der Waals surface area contributed by atoms with Gasteiger partial charge < -0.3 is 4.74 Å². The van der Waals surface area contributed by atoms with Crippen molar-refractivity contribution in [1.29, 1.82) is 0 Å². The van der Waals surface area contributed by atoms with E-state index in [0.717, 1.165) is 0 Å². The lowest BCUT2D eigenvalue weighted by Gasteiger charge is -2.17. The van der Waals surface area contributed by atoms with Crippen molar-refractivity contribution in [3.8, 4) is 0 Å². The van der Waals surface area contributed by atoms with Crippen LogP contribution in [0.25, 0.3) is 0 Å². The molecule has 0 rings (SSSR count). The highest BCUT2D eigenvalue weighted by Crippen LogP contribution is 2.06. The van der Waals surface area contributed by atoms with Crippen LogP contribution in [0.4, 0.5) is 0 Å². The van der Waals surface area contributed by atoms with Gasteiger partial charge in [0.1, 0.15) is 0 Å². The van der Waals surface area contributed by atoms with Crippen LogP contribution < -0.4 is 0 Å². The van der Waals surface area contributed by atoms with Crippen molar-refractivity contribution < 1.29 is 4.74 Å². The lowest BCUT2D eigenvalue weighted by Crippen LogP contribution is -2.14. The van der Waals surface area contributed by atoms with E-state index in [4.69, 9.17) is 4.74 Å². The van der Waals surface area contributed by atoms with Gasteiger partial charge in [0.2, 0.25) is 0 Å². The Bertz CT molecular complexity index is 106. The number of hydrogen-bond donors (Lipinski definition) is 0. The summed E-state index contributed by atoms with van der Waals surface area (Å²) in [5.74, 6) is 0. The Morgan fingerprint density at radius 3 is 2.22 bits per heavy atom. The van der Waals surface area contributed by atoms with E-state index in [0.29, 0.717) is 0 Å². The van der Waals surface area contributed by atoms with Crippen LogP contribution in [0.3, 0.4) is 0 Å². The summed E-state index contributed by atoms with van der Waals surface area (Å²) >= 11 is 0. The molecule has 1 nitrogen and oxygen atoms in total. The molecule has 0 saturated heterocycles. The molecule has 1 heteroatoms. The molecule has 0 bridgehead atoms. The zero-order chi connectivity index (χ0) is 7.33. The Morgan fingerprint density at radius 1 is 1.33 bits per heavy atom. The van der Waals surface area contributed by atoms with Gasteiger partial charge in [-0.2, -0.15) is 0 Å². The molecule has 0 amide bonds. The van der Waals surface area contributed by atoms with Crippen LogP contribution in [0.5, 0.6) is 0 Å². The summed E-state index contributed by atoms with van der Waals surface area (Å²) in [5, 5.41) is 0. The molecule has 0 spiro atoms. The van der Waals surface area contributed by atoms with E-state index in [1.54, 1.807) is 18.4 Å². The Morgan fingerprint density at radius 2 is 1.89 bits per heavy atom.